The molecule has 0 saturated carbocycles. The minimum absolute atomic E-state index is 0.313. The van der Waals surface area contributed by atoms with Gasteiger partial charge in [0.2, 0.25) is 0 Å². The molecule has 0 saturated heterocycles. The maximum Gasteiger partial charge on any atom is 0.263 e. The quantitative estimate of drug-likeness (QED) is 0.461. The summed E-state index contributed by atoms with van der Waals surface area (Å²) in [4.78, 5) is 17.5. The van der Waals surface area contributed by atoms with Gasteiger partial charge in [-0.3, -0.25) is 4.79 Å². The second kappa shape index (κ2) is 7.97. The molecule has 0 radical (unpaired) electrons. The Morgan fingerprint density at radius 1 is 0.966 bits per heavy atom. The molecule has 0 bridgehead atoms. The van der Waals surface area contributed by atoms with Gasteiger partial charge in [0.1, 0.15) is 22.7 Å². The molecule has 0 aliphatic rings. The van der Waals surface area contributed by atoms with Crippen molar-refractivity contribution < 1.29 is 14.3 Å². The van der Waals surface area contributed by atoms with Crippen molar-refractivity contribution in [1.29, 1.82) is 0 Å². The minimum atomic E-state index is -0.313. The summed E-state index contributed by atoms with van der Waals surface area (Å²) in [6, 6.07) is 16.9. The maximum atomic E-state index is 12.9. The zero-order chi connectivity index (χ0) is 20.4. The number of benzene rings is 2. The molecule has 0 unspecified atom stereocenters. The molecule has 1 N–H and O–H groups in total. The molecule has 1 amide bonds. The molecule has 0 atom stereocenters. The zero-order valence-electron chi connectivity index (χ0n) is 15.8. The van der Waals surface area contributed by atoms with Crippen LogP contribution in [0.2, 0.25) is 0 Å². The number of aromatic nitrogens is 2. The zero-order valence-corrected chi connectivity index (χ0v) is 17.4. The summed E-state index contributed by atoms with van der Waals surface area (Å²) in [6.07, 6.45) is 3.75. The molecule has 0 aliphatic carbocycles. The highest BCUT2D eigenvalue weighted by molar-refractivity contribution is 9.10. The van der Waals surface area contributed by atoms with Gasteiger partial charge >= 0.3 is 0 Å². The van der Waals surface area contributed by atoms with Gasteiger partial charge in [0.25, 0.3) is 5.91 Å². The number of hydrogen-bond acceptors (Lipinski definition) is 4. The molecule has 4 aromatic rings. The average molecular weight is 452 g/mol. The monoisotopic (exact) mass is 451 g/mol. The number of hydrogen-bond donors (Lipinski definition) is 1. The Balaban J connectivity index is 1.64. The molecule has 2 aromatic heterocycles. The molecule has 146 valence electrons. The van der Waals surface area contributed by atoms with Crippen LogP contribution >= 0.6 is 15.9 Å². The molecule has 0 fully saturated rings. The van der Waals surface area contributed by atoms with E-state index in [1.54, 1.807) is 18.2 Å². The number of halogens is 1. The maximum absolute atomic E-state index is 12.9. The van der Waals surface area contributed by atoms with Gasteiger partial charge in [-0.2, -0.15) is 0 Å². The minimum Gasteiger partial charge on any atom is -0.496 e. The number of methoxy groups -OCH3 is 2. The van der Waals surface area contributed by atoms with Crippen LogP contribution in [0.25, 0.3) is 16.9 Å². The molecule has 0 aliphatic heterocycles. The van der Waals surface area contributed by atoms with Gasteiger partial charge in [0, 0.05) is 22.4 Å². The fourth-order valence-electron chi connectivity index (χ4n) is 3.09. The molecule has 6 nitrogen and oxygen atoms in total. The first-order valence-corrected chi connectivity index (χ1v) is 9.65. The predicted molar refractivity (Wildman–Crippen MR) is 116 cm³/mol. The van der Waals surface area contributed by atoms with E-state index in [1.165, 1.54) is 14.2 Å². The molecule has 0 spiro atoms. The lowest BCUT2D eigenvalue weighted by atomic mass is 10.1. The highest BCUT2D eigenvalue weighted by Gasteiger charge is 2.18. The van der Waals surface area contributed by atoms with Crippen LogP contribution in [0.3, 0.4) is 0 Å². The first kappa shape index (κ1) is 19.0. The highest BCUT2D eigenvalue weighted by atomic mass is 79.9. The Kier molecular flexibility index (Phi) is 5.22. The van der Waals surface area contributed by atoms with E-state index in [1.807, 2.05) is 53.2 Å². The van der Waals surface area contributed by atoms with Crippen molar-refractivity contribution in [2.75, 3.05) is 19.5 Å². The number of imidazole rings is 1. The number of anilines is 1. The SMILES string of the molecule is COc1cccc(OC)c1C(=O)Nc1ccc2nc(-c3ccc(Br)cc3)cn2c1. The third-order valence-electron chi connectivity index (χ3n) is 4.50. The first-order valence-electron chi connectivity index (χ1n) is 8.86. The number of amides is 1. The molecule has 2 aromatic carbocycles. The van der Waals surface area contributed by atoms with Crippen LogP contribution in [0.5, 0.6) is 11.5 Å². The van der Waals surface area contributed by atoms with Gasteiger partial charge in [-0.1, -0.05) is 34.1 Å². The van der Waals surface area contributed by atoms with Crippen LogP contribution in [0.4, 0.5) is 5.69 Å². The van der Waals surface area contributed by atoms with Crippen molar-refractivity contribution in [2.24, 2.45) is 0 Å². The number of nitrogens with zero attached hydrogens (tertiary/aromatic N) is 2. The summed E-state index contributed by atoms with van der Waals surface area (Å²) >= 11 is 3.44. The van der Waals surface area contributed by atoms with Crippen molar-refractivity contribution in [1.82, 2.24) is 9.38 Å². The van der Waals surface area contributed by atoms with Gasteiger partial charge < -0.3 is 19.2 Å². The lowest BCUT2D eigenvalue weighted by Crippen LogP contribution is -2.14. The third-order valence-corrected chi connectivity index (χ3v) is 5.03. The predicted octanol–water partition coefficient (Wildman–Crippen LogP) is 5.03. The summed E-state index contributed by atoms with van der Waals surface area (Å²) in [6.45, 7) is 0. The fourth-order valence-corrected chi connectivity index (χ4v) is 3.36. The number of fused-ring (bicyclic) bond motifs is 1. The summed E-state index contributed by atoms with van der Waals surface area (Å²) in [5.74, 6) is 0.582. The Hall–Kier alpha value is -3.32. The van der Waals surface area contributed by atoms with Gasteiger partial charge in [0.05, 0.1) is 25.6 Å². The lowest BCUT2D eigenvalue weighted by molar-refractivity contribution is 0.102. The van der Waals surface area contributed by atoms with Crippen molar-refractivity contribution in [3.05, 3.63) is 77.0 Å². The van der Waals surface area contributed by atoms with Crippen LogP contribution in [0.15, 0.2) is 71.5 Å². The Bertz CT molecular complexity index is 1160. The summed E-state index contributed by atoms with van der Waals surface area (Å²) in [7, 11) is 3.04. The summed E-state index contributed by atoms with van der Waals surface area (Å²) < 4.78 is 13.5. The van der Waals surface area contributed by atoms with Gasteiger partial charge in [-0.15, -0.1) is 0 Å². The van der Waals surface area contributed by atoms with Crippen molar-refractivity contribution in [2.45, 2.75) is 0 Å². The summed E-state index contributed by atoms with van der Waals surface area (Å²) in [5.41, 5.74) is 3.64. The smallest absolute Gasteiger partial charge is 0.263 e. The Labute approximate surface area is 176 Å². The van der Waals surface area contributed by atoms with Crippen LogP contribution < -0.4 is 14.8 Å². The summed E-state index contributed by atoms with van der Waals surface area (Å²) in [5, 5.41) is 2.90. The topological polar surface area (TPSA) is 64.9 Å². The van der Waals surface area contributed by atoms with E-state index in [9.17, 15) is 4.79 Å². The van der Waals surface area contributed by atoms with E-state index < -0.39 is 0 Å². The Morgan fingerprint density at radius 2 is 1.66 bits per heavy atom. The molecule has 29 heavy (non-hydrogen) atoms. The molecule has 2 heterocycles. The van der Waals surface area contributed by atoms with Crippen molar-refractivity contribution in [3.8, 4) is 22.8 Å². The normalized spacial score (nSPS) is 10.7. The second-order valence-electron chi connectivity index (χ2n) is 6.31. The highest BCUT2D eigenvalue weighted by Crippen LogP contribution is 2.29. The van der Waals surface area contributed by atoms with E-state index in [2.05, 4.69) is 26.2 Å². The second-order valence-corrected chi connectivity index (χ2v) is 7.22. The van der Waals surface area contributed by atoms with E-state index in [-0.39, 0.29) is 5.91 Å². The van der Waals surface area contributed by atoms with Crippen LogP contribution in [0, 0.1) is 0 Å². The third kappa shape index (κ3) is 3.82. The van der Waals surface area contributed by atoms with Crippen molar-refractivity contribution >= 4 is 33.2 Å². The van der Waals surface area contributed by atoms with E-state index in [0.717, 1.165) is 21.4 Å². The average Bonchev–Trinajstić information content (AvgIpc) is 3.16. The Morgan fingerprint density at radius 3 is 2.31 bits per heavy atom. The van der Waals surface area contributed by atoms with Gasteiger partial charge in [0.15, 0.2) is 0 Å². The largest absolute Gasteiger partial charge is 0.496 e. The standard InChI is InChI=1S/C22H18BrN3O3/c1-28-18-4-3-5-19(29-2)21(18)22(27)24-16-10-11-20-25-17(13-26(20)12-16)14-6-8-15(23)9-7-14/h3-13H,1-2H3,(H,24,27). The van der Waals surface area contributed by atoms with Crippen LogP contribution in [0.1, 0.15) is 10.4 Å². The number of nitrogens with one attached hydrogen (secondary N) is 1. The number of carbonyl (C=O) groups is 1. The van der Waals surface area contributed by atoms with Crippen LogP contribution in [-0.2, 0) is 0 Å². The van der Waals surface area contributed by atoms with Crippen LogP contribution in [-0.4, -0.2) is 29.5 Å². The molecule has 7 heteroatoms. The number of pyridine rings is 1. The van der Waals surface area contributed by atoms with E-state index in [4.69, 9.17) is 9.47 Å². The van der Waals surface area contributed by atoms with E-state index >= 15 is 0 Å². The fraction of sp³-hybridized carbons (Fsp3) is 0.0909. The van der Waals surface area contributed by atoms with E-state index in [0.29, 0.717) is 22.7 Å². The van der Waals surface area contributed by atoms with Gasteiger partial charge in [-0.25, -0.2) is 4.98 Å². The van der Waals surface area contributed by atoms with Crippen molar-refractivity contribution in [3.63, 3.8) is 0 Å². The number of ether oxygens (including phenoxy) is 2. The van der Waals surface area contributed by atoms with Gasteiger partial charge in [-0.05, 0) is 36.4 Å². The molecular weight excluding hydrogens is 434 g/mol. The molecule has 4 rings (SSSR count). The lowest BCUT2D eigenvalue weighted by Gasteiger charge is -2.13. The molecular formula is C22H18BrN3O3. The first-order chi connectivity index (χ1) is 14.1. The number of carbonyl (C=O) groups excluding carboxylic acids is 1. The number of rotatable bonds is 5.